The number of carboxylic acids is 1. The number of rotatable bonds is 6. The molecule has 0 bridgehead atoms. The molecule has 3 nitrogen and oxygen atoms in total. The van der Waals surface area contributed by atoms with Gasteiger partial charge in [0, 0.05) is 18.4 Å². The average Bonchev–Trinajstić information content (AvgIpc) is 2.81. The first-order valence-electron chi connectivity index (χ1n) is 6.29. The number of alkyl halides is 2. The predicted octanol–water partition coefficient (Wildman–Crippen LogP) is 3.45. The first-order valence-corrected chi connectivity index (χ1v) is 6.29. The number of benzene rings is 1. The average molecular weight is 270 g/mol. The first kappa shape index (κ1) is 13.9. The zero-order chi connectivity index (χ0) is 13.9. The van der Waals surface area contributed by atoms with E-state index < -0.39 is 11.9 Å². The van der Waals surface area contributed by atoms with Crippen molar-refractivity contribution in [1.29, 1.82) is 0 Å². The second kappa shape index (κ2) is 5.65. The van der Waals surface area contributed by atoms with Crippen LogP contribution < -0.4 is 0 Å². The topological polar surface area (TPSA) is 46.5 Å². The third-order valence-electron chi connectivity index (χ3n) is 3.28. The Labute approximate surface area is 110 Å². The molecule has 1 aromatic rings. The van der Waals surface area contributed by atoms with Crippen molar-refractivity contribution in [3.05, 3.63) is 34.9 Å². The molecule has 0 unspecified atom stereocenters. The molecule has 0 amide bonds. The fraction of sp³-hybridized carbons (Fsp3) is 0.500. The zero-order valence-electron chi connectivity index (χ0n) is 10.5. The Hall–Kier alpha value is -1.49. The van der Waals surface area contributed by atoms with Gasteiger partial charge in [0.2, 0.25) is 0 Å². The summed E-state index contributed by atoms with van der Waals surface area (Å²) >= 11 is 0. The Morgan fingerprint density at radius 2 is 2.00 bits per heavy atom. The summed E-state index contributed by atoms with van der Waals surface area (Å²) in [6.45, 7) is 0.873. The van der Waals surface area contributed by atoms with Crippen molar-refractivity contribution in [2.45, 2.75) is 44.8 Å². The van der Waals surface area contributed by atoms with Gasteiger partial charge in [-0.05, 0) is 30.0 Å². The largest absolute Gasteiger partial charge is 0.481 e. The molecular weight excluding hydrogens is 254 g/mol. The van der Waals surface area contributed by atoms with Gasteiger partial charge >= 0.3 is 5.97 Å². The van der Waals surface area contributed by atoms with Crippen molar-refractivity contribution >= 4 is 5.97 Å². The van der Waals surface area contributed by atoms with Crippen LogP contribution in [0.3, 0.4) is 0 Å². The van der Waals surface area contributed by atoms with Gasteiger partial charge in [0.25, 0.3) is 5.92 Å². The molecule has 1 heterocycles. The molecule has 0 saturated heterocycles. The van der Waals surface area contributed by atoms with Crippen LogP contribution in [0.1, 0.15) is 42.4 Å². The number of hydrogen-bond acceptors (Lipinski definition) is 2. The summed E-state index contributed by atoms with van der Waals surface area (Å²) in [6, 6.07) is 4.62. The number of fused-ring (bicyclic) bond motifs is 1. The Balaban J connectivity index is 1.96. The molecule has 2 rings (SSSR count). The van der Waals surface area contributed by atoms with Crippen LogP contribution in [0, 0.1) is 0 Å². The lowest BCUT2D eigenvalue weighted by molar-refractivity contribution is -0.137. The Kier molecular flexibility index (Phi) is 4.14. The minimum atomic E-state index is -2.91. The number of unbranched alkanes of at least 4 members (excludes halogenated alkanes) is 1. The van der Waals surface area contributed by atoms with Crippen LogP contribution in [0.5, 0.6) is 0 Å². The van der Waals surface area contributed by atoms with Crippen molar-refractivity contribution in [2.75, 3.05) is 0 Å². The Morgan fingerprint density at radius 3 is 2.74 bits per heavy atom. The number of carbonyl (C=O) groups is 1. The minimum Gasteiger partial charge on any atom is -0.481 e. The maximum atomic E-state index is 14.0. The van der Waals surface area contributed by atoms with Crippen molar-refractivity contribution in [2.24, 2.45) is 0 Å². The minimum absolute atomic E-state index is 0.00734. The number of hydrogen-bond donors (Lipinski definition) is 1. The third kappa shape index (κ3) is 3.50. The lowest BCUT2D eigenvalue weighted by atomic mass is 9.98. The van der Waals surface area contributed by atoms with E-state index in [1.807, 2.05) is 0 Å². The normalized spacial score (nSPS) is 14.4. The molecule has 0 spiro atoms. The highest BCUT2D eigenvalue weighted by Crippen LogP contribution is 2.35. The van der Waals surface area contributed by atoms with Crippen molar-refractivity contribution < 1.29 is 23.4 Å². The van der Waals surface area contributed by atoms with E-state index in [-0.39, 0.29) is 31.2 Å². The highest BCUT2D eigenvalue weighted by atomic mass is 19.3. The van der Waals surface area contributed by atoms with Crippen LogP contribution >= 0.6 is 0 Å². The molecule has 1 N–H and O–H groups in total. The predicted molar refractivity (Wildman–Crippen MR) is 64.9 cm³/mol. The number of aliphatic carboxylic acids is 1. The van der Waals surface area contributed by atoms with Crippen molar-refractivity contribution in [1.82, 2.24) is 0 Å². The molecule has 0 radical (unpaired) electrons. The lowest BCUT2D eigenvalue weighted by Crippen LogP contribution is -2.14. The summed E-state index contributed by atoms with van der Waals surface area (Å²) in [6.07, 6.45) is 0.0971. The first-order chi connectivity index (χ1) is 8.99. The van der Waals surface area contributed by atoms with Gasteiger partial charge in [-0.1, -0.05) is 12.1 Å². The van der Waals surface area contributed by atoms with E-state index in [1.165, 1.54) is 12.1 Å². The maximum absolute atomic E-state index is 14.0. The number of ether oxygens (including phenoxy) is 1. The Bertz CT molecular complexity index is 472. The van der Waals surface area contributed by atoms with Gasteiger partial charge in [-0.3, -0.25) is 4.79 Å². The maximum Gasteiger partial charge on any atom is 0.303 e. The van der Waals surface area contributed by atoms with Gasteiger partial charge < -0.3 is 9.84 Å². The van der Waals surface area contributed by atoms with Crippen LogP contribution in [0.2, 0.25) is 0 Å². The number of halogens is 2. The molecular formula is C14H16F2O3. The summed E-state index contributed by atoms with van der Waals surface area (Å²) in [5.41, 5.74) is 1.78. The highest BCUT2D eigenvalue weighted by molar-refractivity contribution is 5.66. The summed E-state index contributed by atoms with van der Waals surface area (Å²) < 4.78 is 33.1. The summed E-state index contributed by atoms with van der Waals surface area (Å²) in [5, 5.41) is 8.46. The second-order valence-electron chi connectivity index (χ2n) is 4.78. The zero-order valence-corrected chi connectivity index (χ0v) is 10.5. The van der Waals surface area contributed by atoms with Crippen LogP contribution in [0.4, 0.5) is 8.78 Å². The van der Waals surface area contributed by atoms with E-state index >= 15 is 0 Å². The van der Waals surface area contributed by atoms with Gasteiger partial charge in [-0.15, -0.1) is 0 Å². The van der Waals surface area contributed by atoms with E-state index in [2.05, 4.69) is 0 Å². The van der Waals surface area contributed by atoms with E-state index in [0.717, 1.165) is 11.1 Å². The summed E-state index contributed by atoms with van der Waals surface area (Å²) in [7, 11) is 0. The monoisotopic (exact) mass is 270 g/mol. The number of carboxylic acid groups (broad SMARTS) is 1. The molecule has 104 valence electrons. The van der Waals surface area contributed by atoms with Gasteiger partial charge in [0.05, 0.1) is 13.2 Å². The molecule has 0 aliphatic carbocycles. The van der Waals surface area contributed by atoms with E-state index in [4.69, 9.17) is 9.84 Å². The molecule has 19 heavy (non-hydrogen) atoms. The molecule has 0 atom stereocenters. The standard InChI is InChI=1S/C14H16F2O3/c15-14(16,6-2-1-3-13(17)18)12-5-4-10-8-19-9-11(10)7-12/h4-5,7H,1-3,6,8-9H2,(H,17,18). The molecule has 0 aromatic heterocycles. The molecule has 1 aliphatic rings. The van der Waals surface area contributed by atoms with Crippen LogP contribution in [-0.4, -0.2) is 11.1 Å². The molecule has 0 fully saturated rings. The van der Waals surface area contributed by atoms with Crippen LogP contribution in [0.15, 0.2) is 18.2 Å². The SMILES string of the molecule is O=C(O)CCCCC(F)(F)c1ccc2c(c1)COC2. The molecule has 5 heteroatoms. The smallest absolute Gasteiger partial charge is 0.303 e. The highest BCUT2D eigenvalue weighted by Gasteiger charge is 2.31. The third-order valence-corrected chi connectivity index (χ3v) is 3.28. The van der Waals surface area contributed by atoms with E-state index in [9.17, 15) is 13.6 Å². The van der Waals surface area contributed by atoms with Crippen molar-refractivity contribution in [3.8, 4) is 0 Å². The fourth-order valence-corrected chi connectivity index (χ4v) is 2.17. The fourth-order valence-electron chi connectivity index (χ4n) is 2.17. The van der Waals surface area contributed by atoms with Gasteiger partial charge in [-0.2, -0.15) is 0 Å². The quantitative estimate of drug-likeness (QED) is 0.805. The molecule has 1 aliphatic heterocycles. The van der Waals surface area contributed by atoms with Crippen LogP contribution in [0.25, 0.3) is 0 Å². The van der Waals surface area contributed by atoms with Crippen molar-refractivity contribution in [3.63, 3.8) is 0 Å². The Morgan fingerprint density at radius 1 is 1.26 bits per heavy atom. The van der Waals surface area contributed by atoms with Gasteiger partial charge in [0.15, 0.2) is 0 Å². The van der Waals surface area contributed by atoms with Crippen LogP contribution in [-0.2, 0) is 28.7 Å². The summed E-state index contributed by atoms with van der Waals surface area (Å²) in [5.74, 6) is -3.85. The lowest BCUT2D eigenvalue weighted by Gasteiger charge is -2.17. The second-order valence-corrected chi connectivity index (χ2v) is 4.78. The van der Waals surface area contributed by atoms with E-state index in [0.29, 0.717) is 13.2 Å². The molecule has 0 saturated carbocycles. The van der Waals surface area contributed by atoms with Gasteiger partial charge in [-0.25, -0.2) is 8.78 Å². The van der Waals surface area contributed by atoms with E-state index in [1.54, 1.807) is 6.07 Å². The molecule has 1 aromatic carbocycles. The van der Waals surface area contributed by atoms with Gasteiger partial charge in [0.1, 0.15) is 0 Å². The summed E-state index contributed by atoms with van der Waals surface area (Å²) in [4.78, 5) is 10.3.